The van der Waals surface area contributed by atoms with Crippen molar-refractivity contribution in [3.63, 3.8) is 0 Å². The van der Waals surface area contributed by atoms with Crippen LogP contribution in [0.15, 0.2) is 30.3 Å². The van der Waals surface area contributed by atoms with E-state index in [1.165, 1.54) is 5.56 Å². The van der Waals surface area contributed by atoms with E-state index in [1.54, 1.807) is 13.8 Å². The van der Waals surface area contributed by atoms with Crippen molar-refractivity contribution < 1.29 is 14.1 Å². The standard InChI is InChI=1S/C14H20O3S/c1-11(2)13(14(15)16)18(17)10-6-9-12-7-4-3-5-8-12/h3-5,7-8,11,13H,6,9-10H2,1-2H3,(H,15,16). The zero-order valence-corrected chi connectivity index (χ0v) is 11.7. The molecule has 1 rings (SSSR count). The monoisotopic (exact) mass is 268 g/mol. The summed E-state index contributed by atoms with van der Waals surface area (Å²) in [7, 11) is -1.29. The van der Waals surface area contributed by atoms with Crippen LogP contribution in [0.3, 0.4) is 0 Å². The van der Waals surface area contributed by atoms with Crippen molar-refractivity contribution in [3.8, 4) is 0 Å². The summed E-state index contributed by atoms with van der Waals surface area (Å²) >= 11 is 0. The van der Waals surface area contributed by atoms with Crippen LogP contribution in [0.1, 0.15) is 25.8 Å². The van der Waals surface area contributed by atoms with Crippen molar-refractivity contribution in [2.24, 2.45) is 5.92 Å². The van der Waals surface area contributed by atoms with Gasteiger partial charge in [0.25, 0.3) is 0 Å². The summed E-state index contributed by atoms with van der Waals surface area (Å²) in [5.74, 6) is -0.604. The van der Waals surface area contributed by atoms with Gasteiger partial charge in [0, 0.05) is 16.6 Å². The molecule has 0 saturated carbocycles. The highest BCUT2D eigenvalue weighted by Crippen LogP contribution is 2.12. The molecule has 4 heteroatoms. The van der Waals surface area contributed by atoms with E-state index in [1.807, 2.05) is 30.3 Å². The molecule has 0 aliphatic carbocycles. The Hall–Kier alpha value is -1.16. The fourth-order valence-corrected chi connectivity index (χ4v) is 3.41. The molecule has 2 atom stereocenters. The van der Waals surface area contributed by atoms with Crippen LogP contribution >= 0.6 is 0 Å². The third-order valence-corrected chi connectivity index (χ3v) is 4.79. The van der Waals surface area contributed by atoms with Gasteiger partial charge in [0.1, 0.15) is 5.25 Å². The lowest BCUT2D eigenvalue weighted by Gasteiger charge is -2.15. The van der Waals surface area contributed by atoms with Crippen molar-refractivity contribution in [2.75, 3.05) is 5.75 Å². The molecule has 0 radical (unpaired) electrons. The van der Waals surface area contributed by atoms with E-state index >= 15 is 0 Å². The second kappa shape index (κ2) is 7.31. The number of hydrogen-bond donors (Lipinski definition) is 1. The molecule has 0 saturated heterocycles. The van der Waals surface area contributed by atoms with E-state index in [0.29, 0.717) is 5.75 Å². The van der Waals surface area contributed by atoms with Crippen LogP contribution in [-0.4, -0.2) is 26.3 Å². The Morgan fingerprint density at radius 3 is 2.39 bits per heavy atom. The van der Waals surface area contributed by atoms with Gasteiger partial charge in [-0.25, -0.2) is 0 Å². The van der Waals surface area contributed by atoms with Crippen molar-refractivity contribution in [1.82, 2.24) is 0 Å². The molecule has 3 nitrogen and oxygen atoms in total. The highest BCUT2D eigenvalue weighted by Gasteiger charge is 2.27. The minimum absolute atomic E-state index is 0.0972. The van der Waals surface area contributed by atoms with Gasteiger partial charge >= 0.3 is 5.97 Å². The van der Waals surface area contributed by atoms with E-state index in [4.69, 9.17) is 5.11 Å². The van der Waals surface area contributed by atoms with E-state index in [2.05, 4.69) is 0 Å². The second-order valence-corrected chi connectivity index (χ2v) is 6.35. The summed E-state index contributed by atoms with van der Waals surface area (Å²) in [6, 6.07) is 9.96. The molecule has 0 aromatic heterocycles. The molecule has 1 aromatic rings. The Kier molecular flexibility index (Phi) is 6.05. The Balaban J connectivity index is 2.43. The van der Waals surface area contributed by atoms with Crippen molar-refractivity contribution in [2.45, 2.75) is 31.9 Å². The highest BCUT2D eigenvalue weighted by atomic mass is 32.2. The third-order valence-electron chi connectivity index (χ3n) is 2.79. The van der Waals surface area contributed by atoms with Gasteiger partial charge in [0.2, 0.25) is 0 Å². The number of carbonyl (C=O) groups is 1. The molecular weight excluding hydrogens is 248 g/mol. The lowest BCUT2D eigenvalue weighted by atomic mass is 10.1. The summed E-state index contributed by atoms with van der Waals surface area (Å²) in [5.41, 5.74) is 1.20. The highest BCUT2D eigenvalue weighted by molar-refractivity contribution is 7.86. The number of carboxylic acids is 1. The zero-order valence-electron chi connectivity index (χ0n) is 10.8. The van der Waals surface area contributed by atoms with Gasteiger partial charge in [-0.05, 0) is 24.3 Å². The first-order valence-corrected chi connectivity index (χ1v) is 7.54. The molecule has 0 heterocycles. The summed E-state index contributed by atoms with van der Waals surface area (Å²) in [5, 5.41) is 8.29. The molecule has 1 aromatic carbocycles. The molecular formula is C14H20O3S. The van der Waals surface area contributed by atoms with E-state index < -0.39 is 22.0 Å². The molecule has 2 unspecified atom stereocenters. The van der Waals surface area contributed by atoms with Crippen LogP contribution < -0.4 is 0 Å². The Morgan fingerprint density at radius 1 is 1.28 bits per heavy atom. The molecule has 0 amide bonds. The summed E-state index contributed by atoms with van der Waals surface area (Å²) < 4.78 is 11.9. The molecule has 18 heavy (non-hydrogen) atoms. The van der Waals surface area contributed by atoms with Crippen LogP contribution in [0.5, 0.6) is 0 Å². The quantitative estimate of drug-likeness (QED) is 0.826. The molecule has 0 fully saturated rings. The predicted octanol–water partition coefficient (Wildman–Crippen LogP) is 2.48. The average molecular weight is 268 g/mol. The summed E-state index contributed by atoms with van der Waals surface area (Å²) in [6.07, 6.45) is 1.60. The van der Waals surface area contributed by atoms with E-state index in [-0.39, 0.29) is 5.92 Å². The lowest BCUT2D eigenvalue weighted by molar-refractivity contribution is -0.137. The first-order chi connectivity index (χ1) is 8.52. The molecule has 0 aliphatic rings. The van der Waals surface area contributed by atoms with Gasteiger partial charge in [0.15, 0.2) is 0 Å². The minimum Gasteiger partial charge on any atom is -0.480 e. The number of rotatable bonds is 7. The summed E-state index contributed by atoms with van der Waals surface area (Å²) in [4.78, 5) is 11.0. The normalized spacial score (nSPS) is 14.4. The molecule has 100 valence electrons. The molecule has 0 spiro atoms. The van der Waals surface area contributed by atoms with E-state index in [9.17, 15) is 9.00 Å². The van der Waals surface area contributed by atoms with Gasteiger partial charge in [-0.2, -0.15) is 0 Å². The van der Waals surface area contributed by atoms with Gasteiger partial charge < -0.3 is 5.11 Å². The number of carboxylic acid groups (broad SMARTS) is 1. The molecule has 0 bridgehead atoms. The Labute approximate surface area is 111 Å². The molecule has 1 N–H and O–H groups in total. The fourth-order valence-electron chi connectivity index (χ4n) is 1.89. The summed E-state index contributed by atoms with van der Waals surface area (Å²) in [6.45, 7) is 3.60. The van der Waals surface area contributed by atoms with Gasteiger partial charge in [-0.1, -0.05) is 44.2 Å². The minimum atomic E-state index is -1.29. The van der Waals surface area contributed by atoms with Gasteiger partial charge in [-0.15, -0.1) is 0 Å². The maximum Gasteiger partial charge on any atom is 0.319 e. The second-order valence-electron chi connectivity index (χ2n) is 4.68. The number of hydrogen-bond acceptors (Lipinski definition) is 2. The smallest absolute Gasteiger partial charge is 0.319 e. The van der Waals surface area contributed by atoms with Crippen molar-refractivity contribution >= 4 is 16.8 Å². The lowest BCUT2D eigenvalue weighted by Crippen LogP contribution is -2.32. The molecule has 0 aliphatic heterocycles. The first-order valence-electron chi connectivity index (χ1n) is 6.16. The predicted molar refractivity (Wildman–Crippen MR) is 74.0 cm³/mol. The van der Waals surface area contributed by atoms with Gasteiger partial charge in [0.05, 0.1) is 0 Å². The average Bonchev–Trinajstić information content (AvgIpc) is 2.29. The fraction of sp³-hybridized carbons (Fsp3) is 0.500. The van der Waals surface area contributed by atoms with Crippen LogP contribution in [0, 0.1) is 5.92 Å². The van der Waals surface area contributed by atoms with Crippen LogP contribution in [-0.2, 0) is 22.0 Å². The number of aryl methyl sites for hydroxylation is 1. The first kappa shape index (κ1) is 14.9. The SMILES string of the molecule is CC(C)C(C(=O)O)S(=O)CCCc1ccccc1. The number of benzene rings is 1. The van der Waals surface area contributed by atoms with Crippen LogP contribution in [0.4, 0.5) is 0 Å². The maximum absolute atomic E-state index is 11.9. The van der Waals surface area contributed by atoms with Crippen molar-refractivity contribution in [3.05, 3.63) is 35.9 Å². The Bertz CT molecular complexity index is 401. The maximum atomic E-state index is 11.9. The largest absolute Gasteiger partial charge is 0.480 e. The Morgan fingerprint density at radius 2 is 1.89 bits per heavy atom. The van der Waals surface area contributed by atoms with Crippen LogP contribution in [0.2, 0.25) is 0 Å². The zero-order chi connectivity index (χ0) is 13.5. The number of aliphatic carboxylic acids is 1. The van der Waals surface area contributed by atoms with E-state index in [0.717, 1.165) is 12.8 Å². The van der Waals surface area contributed by atoms with Gasteiger partial charge in [-0.3, -0.25) is 9.00 Å². The van der Waals surface area contributed by atoms with Crippen LogP contribution in [0.25, 0.3) is 0 Å². The third kappa shape index (κ3) is 4.61. The van der Waals surface area contributed by atoms with Crippen molar-refractivity contribution in [1.29, 1.82) is 0 Å². The topological polar surface area (TPSA) is 54.4 Å².